The van der Waals surface area contributed by atoms with E-state index in [1.54, 1.807) is 0 Å². The summed E-state index contributed by atoms with van der Waals surface area (Å²) < 4.78 is 2.47. The molecule has 1 aromatic carbocycles. The van der Waals surface area contributed by atoms with Gasteiger partial charge in [-0.1, -0.05) is 46.8 Å². The van der Waals surface area contributed by atoms with E-state index in [0.29, 0.717) is 22.5 Å². The summed E-state index contributed by atoms with van der Waals surface area (Å²) in [5.74, 6) is 7.87. The van der Waals surface area contributed by atoms with E-state index in [4.69, 9.17) is 28.2 Å². The maximum atomic E-state index is 6.28. The molecule has 1 aliphatic carbocycles. The number of hydrogen-bond donors (Lipinski definition) is 2. The number of nitrogens with two attached hydrogens (primary N) is 2. The molecule has 0 bridgehead atoms. The van der Waals surface area contributed by atoms with Gasteiger partial charge in [0.1, 0.15) is 11.5 Å². The SMILES string of the molecule is Nc1c(-c2cc(Br)ccc2Cl)nc(C2CCCCC2)n1N. The Balaban J connectivity index is 2.05. The zero-order valence-electron chi connectivity index (χ0n) is 11.6. The number of nitrogen functional groups attached to an aromatic ring is 2. The summed E-state index contributed by atoms with van der Waals surface area (Å²) in [7, 11) is 0. The van der Waals surface area contributed by atoms with E-state index in [0.717, 1.165) is 28.7 Å². The quantitative estimate of drug-likeness (QED) is 0.775. The first-order chi connectivity index (χ1) is 10.1. The van der Waals surface area contributed by atoms with E-state index < -0.39 is 0 Å². The van der Waals surface area contributed by atoms with Crippen LogP contribution in [0.3, 0.4) is 0 Å². The molecule has 1 saturated carbocycles. The standard InChI is InChI=1S/C15H18BrClN4/c16-10-6-7-12(17)11(8-10)13-14(18)21(19)15(20-13)9-4-2-1-3-5-9/h6-9H,1-5,18-19H2. The largest absolute Gasteiger partial charge is 0.382 e. The minimum Gasteiger partial charge on any atom is -0.382 e. The minimum atomic E-state index is 0.394. The van der Waals surface area contributed by atoms with Gasteiger partial charge >= 0.3 is 0 Å². The number of nitrogens with zero attached hydrogens (tertiary/aromatic N) is 2. The maximum absolute atomic E-state index is 6.28. The Morgan fingerprint density at radius 3 is 2.67 bits per heavy atom. The average molecular weight is 370 g/mol. The second kappa shape index (κ2) is 5.89. The second-order valence-electron chi connectivity index (χ2n) is 5.53. The van der Waals surface area contributed by atoms with Crippen molar-refractivity contribution in [2.75, 3.05) is 11.6 Å². The Hall–Kier alpha value is -1.20. The van der Waals surface area contributed by atoms with Crippen LogP contribution in [-0.2, 0) is 0 Å². The molecule has 0 aliphatic heterocycles. The molecule has 4 nitrogen and oxygen atoms in total. The summed E-state index contributed by atoms with van der Waals surface area (Å²) in [4.78, 5) is 4.71. The highest BCUT2D eigenvalue weighted by Gasteiger charge is 2.24. The summed E-state index contributed by atoms with van der Waals surface area (Å²) in [5.41, 5.74) is 7.64. The first-order valence-electron chi connectivity index (χ1n) is 7.16. The summed E-state index contributed by atoms with van der Waals surface area (Å²) in [5, 5.41) is 0.623. The molecule has 112 valence electrons. The fraction of sp³-hybridized carbons (Fsp3) is 0.400. The Morgan fingerprint density at radius 2 is 1.95 bits per heavy atom. The van der Waals surface area contributed by atoms with Crippen molar-refractivity contribution in [2.45, 2.75) is 38.0 Å². The van der Waals surface area contributed by atoms with E-state index in [-0.39, 0.29) is 0 Å². The van der Waals surface area contributed by atoms with E-state index in [1.165, 1.54) is 23.9 Å². The van der Waals surface area contributed by atoms with Crippen molar-refractivity contribution < 1.29 is 0 Å². The summed E-state index contributed by atoms with van der Waals surface area (Å²) in [6.45, 7) is 0. The average Bonchev–Trinajstić information content (AvgIpc) is 2.79. The van der Waals surface area contributed by atoms with Crippen LogP contribution in [0.5, 0.6) is 0 Å². The molecule has 1 heterocycles. The van der Waals surface area contributed by atoms with E-state index in [1.807, 2.05) is 18.2 Å². The number of anilines is 1. The first-order valence-corrected chi connectivity index (χ1v) is 8.33. The summed E-state index contributed by atoms with van der Waals surface area (Å²) >= 11 is 9.74. The van der Waals surface area contributed by atoms with Crippen molar-refractivity contribution >= 4 is 33.3 Å². The zero-order valence-corrected chi connectivity index (χ0v) is 14.0. The molecule has 0 unspecified atom stereocenters. The van der Waals surface area contributed by atoms with Crippen LogP contribution in [-0.4, -0.2) is 9.66 Å². The minimum absolute atomic E-state index is 0.394. The van der Waals surface area contributed by atoms with Gasteiger partial charge in [-0.15, -0.1) is 0 Å². The number of aromatic nitrogens is 2. The lowest BCUT2D eigenvalue weighted by atomic mass is 9.89. The molecule has 1 aromatic heterocycles. The van der Waals surface area contributed by atoms with Gasteiger partial charge in [-0.2, -0.15) is 0 Å². The highest BCUT2D eigenvalue weighted by molar-refractivity contribution is 9.10. The summed E-state index contributed by atoms with van der Waals surface area (Å²) in [6, 6.07) is 5.64. The monoisotopic (exact) mass is 368 g/mol. The lowest BCUT2D eigenvalue weighted by molar-refractivity contribution is 0.424. The second-order valence-corrected chi connectivity index (χ2v) is 6.86. The molecule has 4 N–H and O–H groups in total. The molecule has 0 radical (unpaired) electrons. The number of hydrogen-bond acceptors (Lipinski definition) is 3. The van der Waals surface area contributed by atoms with Crippen LogP contribution in [0.2, 0.25) is 5.02 Å². The molecular weight excluding hydrogens is 352 g/mol. The predicted octanol–water partition coefficient (Wildman–Crippen LogP) is 4.31. The Morgan fingerprint density at radius 1 is 1.24 bits per heavy atom. The smallest absolute Gasteiger partial charge is 0.150 e. The molecule has 1 fully saturated rings. The third-order valence-corrected chi connectivity index (χ3v) is 4.95. The lowest BCUT2D eigenvalue weighted by Gasteiger charge is -2.20. The van der Waals surface area contributed by atoms with Gasteiger partial charge in [0.05, 0.1) is 5.02 Å². The van der Waals surface area contributed by atoms with Crippen LogP contribution in [0.1, 0.15) is 43.8 Å². The van der Waals surface area contributed by atoms with Crippen molar-refractivity contribution in [3.63, 3.8) is 0 Å². The van der Waals surface area contributed by atoms with E-state index >= 15 is 0 Å². The van der Waals surface area contributed by atoms with Gasteiger partial charge in [-0.25, -0.2) is 9.66 Å². The number of halogens is 2. The predicted molar refractivity (Wildman–Crippen MR) is 90.8 cm³/mol. The molecule has 1 aliphatic rings. The first kappa shape index (κ1) is 14.7. The normalized spacial score (nSPS) is 16.3. The number of benzene rings is 1. The number of imidazole rings is 1. The molecular formula is C15H18BrClN4. The Labute approximate surface area is 137 Å². The Bertz CT molecular complexity index is 662. The fourth-order valence-electron chi connectivity index (χ4n) is 2.99. The fourth-order valence-corrected chi connectivity index (χ4v) is 3.56. The zero-order chi connectivity index (χ0) is 15.0. The molecule has 0 atom stereocenters. The van der Waals surface area contributed by atoms with Gasteiger partial charge in [-0.05, 0) is 31.0 Å². The van der Waals surface area contributed by atoms with Crippen molar-refractivity contribution in [2.24, 2.45) is 0 Å². The van der Waals surface area contributed by atoms with Crippen LogP contribution >= 0.6 is 27.5 Å². The van der Waals surface area contributed by atoms with Crippen LogP contribution in [0, 0.1) is 0 Å². The third-order valence-electron chi connectivity index (χ3n) is 4.13. The van der Waals surface area contributed by atoms with Crippen LogP contribution < -0.4 is 11.6 Å². The van der Waals surface area contributed by atoms with Gasteiger partial charge < -0.3 is 11.6 Å². The third kappa shape index (κ3) is 2.77. The molecule has 21 heavy (non-hydrogen) atoms. The maximum Gasteiger partial charge on any atom is 0.150 e. The molecule has 2 aromatic rings. The topological polar surface area (TPSA) is 69.9 Å². The molecule has 3 rings (SSSR count). The van der Waals surface area contributed by atoms with Crippen LogP contribution in [0.25, 0.3) is 11.3 Å². The van der Waals surface area contributed by atoms with E-state index in [2.05, 4.69) is 15.9 Å². The molecule has 0 spiro atoms. The van der Waals surface area contributed by atoms with Gasteiger partial charge in [0.25, 0.3) is 0 Å². The van der Waals surface area contributed by atoms with Crippen LogP contribution in [0.15, 0.2) is 22.7 Å². The van der Waals surface area contributed by atoms with Gasteiger partial charge in [0.15, 0.2) is 5.82 Å². The van der Waals surface area contributed by atoms with Crippen molar-refractivity contribution in [1.29, 1.82) is 0 Å². The highest BCUT2D eigenvalue weighted by Crippen LogP contribution is 2.37. The Kier molecular flexibility index (Phi) is 4.13. The van der Waals surface area contributed by atoms with Crippen LogP contribution in [0.4, 0.5) is 5.82 Å². The van der Waals surface area contributed by atoms with Crippen molar-refractivity contribution in [1.82, 2.24) is 9.66 Å². The van der Waals surface area contributed by atoms with Gasteiger partial charge in [0, 0.05) is 16.0 Å². The number of rotatable bonds is 2. The van der Waals surface area contributed by atoms with Crippen molar-refractivity contribution in [3.05, 3.63) is 33.5 Å². The van der Waals surface area contributed by atoms with Gasteiger partial charge in [-0.3, -0.25) is 0 Å². The molecule has 0 amide bonds. The lowest BCUT2D eigenvalue weighted by Crippen LogP contribution is -2.19. The highest BCUT2D eigenvalue weighted by atomic mass is 79.9. The molecule has 0 saturated heterocycles. The summed E-state index contributed by atoms with van der Waals surface area (Å²) in [6.07, 6.45) is 6.00. The van der Waals surface area contributed by atoms with E-state index in [9.17, 15) is 0 Å². The van der Waals surface area contributed by atoms with Crippen molar-refractivity contribution in [3.8, 4) is 11.3 Å². The van der Waals surface area contributed by atoms with Gasteiger partial charge in [0.2, 0.25) is 0 Å². The molecule has 6 heteroatoms.